The van der Waals surface area contributed by atoms with Crippen molar-refractivity contribution in [2.45, 2.75) is 30.1 Å². The Morgan fingerprint density at radius 1 is 1.22 bits per heavy atom. The Labute approximate surface area is 149 Å². The van der Waals surface area contributed by atoms with Gasteiger partial charge in [0.05, 0.1) is 18.1 Å². The number of alkyl halides is 1. The number of hydrogen-bond acceptors (Lipinski definition) is 3. The molecule has 0 atom stereocenters. The molecule has 0 spiro atoms. The number of hydrogen-bond donors (Lipinski definition) is 1. The van der Waals surface area contributed by atoms with Crippen LogP contribution in [0.4, 0.5) is 0 Å². The van der Waals surface area contributed by atoms with Crippen molar-refractivity contribution in [3.8, 4) is 5.75 Å². The van der Waals surface area contributed by atoms with E-state index in [0.29, 0.717) is 0 Å². The van der Waals surface area contributed by atoms with E-state index in [-0.39, 0.29) is 0 Å². The van der Waals surface area contributed by atoms with Crippen molar-refractivity contribution >= 4 is 38.7 Å². The van der Waals surface area contributed by atoms with Gasteiger partial charge in [0.25, 0.3) is 0 Å². The van der Waals surface area contributed by atoms with Crippen molar-refractivity contribution in [3.63, 3.8) is 0 Å². The van der Waals surface area contributed by atoms with Gasteiger partial charge in [0, 0.05) is 17.1 Å². The minimum absolute atomic E-state index is 0.842. The van der Waals surface area contributed by atoms with Gasteiger partial charge < -0.3 is 9.72 Å². The Balaban J connectivity index is 1.83. The van der Waals surface area contributed by atoms with Crippen molar-refractivity contribution in [1.82, 2.24) is 9.97 Å². The lowest BCUT2D eigenvalue weighted by Gasteiger charge is -2.12. The molecule has 0 radical (unpaired) electrons. The van der Waals surface area contributed by atoms with E-state index in [4.69, 9.17) is 4.74 Å². The largest absolute Gasteiger partial charge is 0.497 e. The van der Waals surface area contributed by atoms with Crippen molar-refractivity contribution in [2.24, 2.45) is 0 Å². The third-order valence-electron chi connectivity index (χ3n) is 4.11. The lowest BCUT2D eigenvalue weighted by molar-refractivity contribution is 0.415. The molecule has 120 valence electrons. The second-order valence-corrected chi connectivity index (χ2v) is 7.02. The highest BCUT2D eigenvalue weighted by Gasteiger charge is 2.10. The normalized spacial score (nSPS) is 11.1. The summed E-state index contributed by atoms with van der Waals surface area (Å²) in [6.07, 6.45) is 0. The van der Waals surface area contributed by atoms with Gasteiger partial charge in [0.1, 0.15) is 5.75 Å². The third-order valence-corrected chi connectivity index (χ3v) is 5.61. The first kappa shape index (κ1) is 16.4. The second-order valence-electron chi connectivity index (χ2n) is 5.49. The number of aromatic amines is 1. The van der Waals surface area contributed by atoms with Gasteiger partial charge in [-0.15, -0.1) is 0 Å². The molecule has 0 aliphatic heterocycles. The number of methoxy groups -OCH3 is 1. The number of thioether (sulfide) groups is 1. The number of fused-ring (bicyclic) bond motifs is 1. The van der Waals surface area contributed by atoms with Crippen LogP contribution in [0.1, 0.15) is 22.3 Å². The minimum atomic E-state index is 0.842. The molecule has 0 bridgehead atoms. The van der Waals surface area contributed by atoms with Crippen LogP contribution in [0, 0.1) is 13.8 Å². The van der Waals surface area contributed by atoms with Gasteiger partial charge in [0.2, 0.25) is 0 Å². The Morgan fingerprint density at radius 2 is 2.04 bits per heavy atom. The molecular weight excluding hydrogens is 372 g/mol. The fraction of sp³-hybridized carbons (Fsp3) is 0.278. The topological polar surface area (TPSA) is 37.9 Å². The monoisotopic (exact) mass is 390 g/mol. The zero-order valence-electron chi connectivity index (χ0n) is 13.4. The summed E-state index contributed by atoms with van der Waals surface area (Å²) in [6, 6.07) is 10.3. The second kappa shape index (κ2) is 6.97. The summed E-state index contributed by atoms with van der Waals surface area (Å²) in [5.41, 5.74) is 7.42. The molecule has 0 aliphatic rings. The fourth-order valence-electron chi connectivity index (χ4n) is 2.61. The van der Waals surface area contributed by atoms with E-state index in [1.807, 2.05) is 18.2 Å². The van der Waals surface area contributed by atoms with Crippen LogP contribution in [-0.4, -0.2) is 17.1 Å². The summed E-state index contributed by atoms with van der Waals surface area (Å²) in [6.45, 7) is 4.37. The summed E-state index contributed by atoms with van der Waals surface area (Å²) in [5.74, 6) is 1.75. The lowest BCUT2D eigenvalue weighted by atomic mass is 10.00. The molecule has 0 fully saturated rings. The van der Waals surface area contributed by atoms with Gasteiger partial charge in [-0.25, -0.2) is 4.98 Å². The summed E-state index contributed by atoms with van der Waals surface area (Å²) in [7, 11) is 1.68. The van der Waals surface area contributed by atoms with Crippen LogP contribution in [0.3, 0.4) is 0 Å². The van der Waals surface area contributed by atoms with Crippen LogP contribution in [-0.2, 0) is 11.1 Å². The quantitative estimate of drug-likeness (QED) is 0.469. The maximum Gasteiger partial charge on any atom is 0.166 e. The number of rotatable bonds is 5. The highest BCUT2D eigenvalue weighted by atomic mass is 79.9. The number of nitrogens with zero attached hydrogens (tertiary/aromatic N) is 1. The molecule has 1 N–H and O–H groups in total. The van der Waals surface area contributed by atoms with Crippen LogP contribution in [0.5, 0.6) is 5.75 Å². The first-order valence-corrected chi connectivity index (χ1v) is 9.53. The molecule has 0 amide bonds. The molecule has 0 unspecified atom stereocenters. The first-order valence-electron chi connectivity index (χ1n) is 7.43. The Kier molecular flexibility index (Phi) is 4.97. The highest BCUT2D eigenvalue weighted by Crippen LogP contribution is 2.29. The number of benzene rings is 2. The molecule has 3 aromatic rings. The molecular formula is C18H19BrN2OS. The molecule has 2 aromatic carbocycles. The maximum atomic E-state index is 5.26. The molecule has 3 rings (SSSR count). The van der Waals surface area contributed by atoms with Crippen LogP contribution in [0.2, 0.25) is 0 Å². The summed E-state index contributed by atoms with van der Waals surface area (Å²) >= 11 is 5.30. The SMILES string of the molecule is COc1ccc2nc(SCc3c(C)ccc(CBr)c3C)[nH]c2c1. The molecule has 0 saturated carbocycles. The summed E-state index contributed by atoms with van der Waals surface area (Å²) < 4.78 is 5.26. The average Bonchev–Trinajstić information content (AvgIpc) is 2.96. The number of aryl methyl sites for hydroxylation is 1. The van der Waals surface area contributed by atoms with Gasteiger partial charge in [-0.05, 0) is 48.2 Å². The molecule has 1 heterocycles. The van der Waals surface area contributed by atoms with Crippen LogP contribution < -0.4 is 4.74 Å². The van der Waals surface area contributed by atoms with E-state index in [9.17, 15) is 0 Å². The molecule has 3 nitrogen and oxygen atoms in total. The Hall–Kier alpha value is -1.46. The third kappa shape index (κ3) is 3.40. The van der Waals surface area contributed by atoms with Gasteiger partial charge >= 0.3 is 0 Å². The predicted molar refractivity (Wildman–Crippen MR) is 101 cm³/mol. The average molecular weight is 391 g/mol. The van der Waals surface area contributed by atoms with E-state index >= 15 is 0 Å². The number of H-pyrrole nitrogens is 1. The maximum absolute atomic E-state index is 5.26. The van der Waals surface area contributed by atoms with E-state index in [1.165, 1.54) is 22.3 Å². The molecule has 23 heavy (non-hydrogen) atoms. The Morgan fingerprint density at radius 3 is 2.78 bits per heavy atom. The van der Waals surface area contributed by atoms with Crippen LogP contribution in [0.15, 0.2) is 35.5 Å². The molecule has 0 aliphatic carbocycles. The van der Waals surface area contributed by atoms with Crippen LogP contribution >= 0.6 is 27.7 Å². The van der Waals surface area contributed by atoms with Crippen molar-refractivity contribution < 1.29 is 4.74 Å². The number of aromatic nitrogens is 2. The van der Waals surface area contributed by atoms with Gasteiger partial charge in [-0.2, -0.15) is 0 Å². The molecule has 0 saturated heterocycles. The zero-order chi connectivity index (χ0) is 16.4. The van der Waals surface area contributed by atoms with Gasteiger partial charge in [-0.1, -0.05) is 39.8 Å². The number of halogens is 1. The van der Waals surface area contributed by atoms with E-state index < -0.39 is 0 Å². The van der Waals surface area contributed by atoms with E-state index in [1.54, 1.807) is 18.9 Å². The first-order chi connectivity index (χ1) is 11.1. The predicted octanol–water partition coefficient (Wildman–Crippen LogP) is 5.38. The smallest absolute Gasteiger partial charge is 0.166 e. The number of imidazole rings is 1. The van der Waals surface area contributed by atoms with Crippen molar-refractivity contribution in [1.29, 1.82) is 0 Å². The molecule has 5 heteroatoms. The number of ether oxygens (including phenoxy) is 1. The Bertz CT molecular complexity index is 844. The molecule has 1 aromatic heterocycles. The summed E-state index contributed by atoms with van der Waals surface area (Å²) in [4.78, 5) is 8.02. The lowest BCUT2D eigenvalue weighted by Crippen LogP contribution is -1.96. The van der Waals surface area contributed by atoms with E-state index in [0.717, 1.165) is 33.0 Å². The number of nitrogens with one attached hydrogen (secondary N) is 1. The zero-order valence-corrected chi connectivity index (χ0v) is 15.8. The summed E-state index contributed by atoms with van der Waals surface area (Å²) in [5, 5.41) is 1.83. The highest BCUT2D eigenvalue weighted by molar-refractivity contribution is 9.08. The van der Waals surface area contributed by atoms with E-state index in [2.05, 4.69) is 51.9 Å². The van der Waals surface area contributed by atoms with Crippen molar-refractivity contribution in [2.75, 3.05) is 7.11 Å². The fourth-order valence-corrected chi connectivity index (χ4v) is 4.29. The minimum Gasteiger partial charge on any atom is -0.497 e. The standard InChI is InChI=1S/C18H19BrN2OS/c1-11-4-5-13(9-19)12(2)15(11)10-23-18-20-16-7-6-14(22-3)8-17(16)21-18/h4-8H,9-10H2,1-3H3,(H,20,21). The van der Waals surface area contributed by atoms with Gasteiger partial charge in [0.15, 0.2) is 5.16 Å². The van der Waals surface area contributed by atoms with Gasteiger partial charge in [-0.3, -0.25) is 0 Å². The van der Waals surface area contributed by atoms with Crippen molar-refractivity contribution in [3.05, 3.63) is 52.6 Å². The van der Waals surface area contributed by atoms with Crippen LogP contribution in [0.25, 0.3) is 11.0 Å².